The van der Waals surface area contributed by atoms with Crippen LogP contribution in [0.3, 0.4) is 0 Å². The second-order valence-electron chi connectivity index (χ2n) is 6.45. The summed E-state index contributed by atoms with van der Waals surface area (Å²) < 4.78 is 4.97. The average Bonchev–Trinajstić information content (AvgIpc) is 2.71. The fourth-order valence-corrected chi connectivity index (χ4v) is 2.83. The van der Waals surface area contributed by atoms with Gasteiger partial charge in [0.1, 0.15) is 6.04 Å². The Morgan fingerprint density at radius 2 is 1.59 bits per heavy atom. The lowest BCUT2D eigenvalue weighted by molar-refractivity contribution is -0.140. The first kappa shape index (κ1) is 20.6. The van der Waals surface area contributed by atoms with Crippen LogP contribution in [0.1, 0.15) is 24.5 Å². The molecule has 0 unspecified atom stereocenters. The number of carbonyl (C=O) groups is 2. The quantitative estimate of drug-likeness (QED) is 0.656. The van der Waals surface area contributed by atoms with Crippen LogP contribution in [-0.2, 0) is 27.3 Å². The molecule has 0 aliphatic carbocycles. The van der Waals surface area contributed by atoms with E-state index in [2.05, 4.69) is 5.32 Å². The Hall–Kier alpha value is -2.66. The van der Waals surface area contributed by atoms with Crippen LogP contribution in [0.15, 0.2) is 60.7 Å². The zero-order valence-corrected chi connectivity index (χ0v) is 16.1. The number of nitrogens with one attached hydrogen (secondary N) is 1. The van der Waals surface area contributed by atoms with E-state index < -0.39 is 6.04 Å². The van der Waals surface area contributed by atoms with Crippen molar-refractivity contribution >= 4 is 11.8 Å². The molecule has 5 heteroatoms. The number of carbonyl (C=O) groups excluding carboxylic acids is 2. The molecular formula is C22H28N2O3. The van der Waals surface area contributed by atoms with Crippen LogP contribution in [-0.4, -0.2) is 43.0 Å². The lowest BCUT2D eigenvalue weighted by Gasteiger charge is -2.29. The van der Waals surface area contributed by atoms with Crippen molar-refractivity contribution in [1.29, 1.82) is 0 Å². The highest BCUT2D eigenvalue weighted by atomic mass is 16.5. The molecule has 0 fully saturated rings. The largest absolute Gasteiger partial charge is 0.383 e. The first-order valence-corrected chi connectivity index (χ1v) is 9.25. The van der Waals surface area contributed by atoms with E-state index in [1.165, 1.54) is 0 Å². The van der Waals surface area contributed by atoms with Gasteiger partial charge in [-0.1, -0.05) is 60.7 Å². The number of hydrogen-bond donors (Lipinski definition) is 1. The molecule has 144 valence electrons. The summed E-state index contributed by atoms with van der Waals surface area (Å²) in [5.74, 6) is -0.201. The molecule has 0 heterocycles. The lowest BCUT2D eigenvalue weighted by atomic mass is 10.1. The van der Waals surface area contributed by atoms with Crippen molar-refractivity contribution in [2.75, 3.05) is 20.3 Å². The summed E-state index contributed by atoms with van der Waals surface area (Å²) in [7, 11) is 1.59. The second-order valence-corrected chi connectivity index (χ2v) is 6.45. The summed E-state index contributed by atoms with van der Waals surface area (Å²) in [5.41, 5.74) is 2.12. The zero-order valence-electron chi connectivity index (χ0n) is 16.1. The maximum atomic E-state index is 12.9. The number of benzene rings is 2. The smallest absolute Gasteiger partial charge is 0.242 e. The summed E-state index contributed by atoms with van der Waals surface area (Å²) in [6, 6.07) is 19.1. The number of nitrogens with zero attached hydrogens (tertiary/aromatic N) is 1. The van der Waals surface area contributed by atoms with Gasteiger partial charge in [0, 0.05) is 26.6 Å². The zero-order chi connectivity index (χ0) is 19.5. The molecule has 0 saturated carbocycles. The van der Waals surface area contributed by atoms with Crippen LogP contribution in [0.25, 0.3) is 0 Å². The van der Waals surface area contributed by atoms with E-state index in [0.29, 0.717) is 32.5 Å². The highest BCUT2D eigenvalue weighted by Crippen LogP contribution is 2.13. The van der Waals surface area contributed by atoms with Gasteiger partial charge in [0.05, 0.1) is 6.61 Å². The topological polar surface area (TPSA) is 58.6 Å². The molecule has 0 spiro atoms. The molecule has 0 aliphatic heterocycles. The van der Waals surface area contributed by atoms with Crippen LogP contribution in [0.4, 0.5) is 0 Å². The molecular weight excluding hydrogens is 340 g/mol. The predicted octanol–water partition coefficient (Wildman–Crippen LogP) is 2.80. The van der Waals surface area contributed by atoms with Gasteiger partial charge >= 0.3 is 0 Å². The van der Waals surface area contributed by atoms with Crippen LogP contribution in [0.5, 0.6) is 0 Å². The highest BCUT2D eigenvalue weighted by molar-refractivity contribution is 5.87. The van der Waals surface area contributed by atoms with Gasteiger partial charge in [-0.25, -0.2) is 0 Å². The van der Waals surface area contributed by atoms with E-state index in [-0.39, 0.29) is 11.8 Å². The Morgan fingerprint density at radius 3 is 2.19 bits per heavy atom. The SMILES string of the molecule is COCCNC(=O)[C@H](C)N(Cc1ccccc1)C(=O)CCc1ccccc1. The predicted molar refractivity (Wildman–Crippen MR) is 106 cm³/mol. The first-order valence-electron chi connectivity index (χ1n) is 9.25. The Bertz CT molecular complexity index is 704. The molecule has 0 bridgehead atoms. The molecule has 27 heavy (non-hydrogen) atoms. The summed E-state index contributed by atoms with van der Waals surface area (Å²) >= 11 is 0. The van der Waals surface area contributed by atoms with Gasteiger partial charge in [-0.15, -0.1) is 0 Å². The van der Waals surface area contributed by atoms with Crippen molar-refractivity contribution < 1.29 is 14.3 Å². The van der Waals surface area contributed by atoms with Gasteiger partial charge in [0.15, 0.2) is 0 Å². The Labute approximate surface area is 161 Å². The van der Waals surface area contributed by atoms with Gasteiger partial charge < -0.3 is 15.0 Å². The maximum Gasteiger partial charge on any atom is 0.242 e. The van der Waals surface area contributed by atoms with E-state index in [1.807, 2.05) is 60.7 Å². The minimum Gasteiger partial charge on any atom is -0.383 e. The number of rotatable bonds is 10. The molecule has 2 rings (SSSR count). The maximum absolute atomic E-state index is 12.9. The normalized spacial score (nSPS) is 11.6. The van der Waals surface area contributed by atoms with Crippen molar-refractivity contribution in [2.45, 2.75) is 32.4 Å². The van der Waals surface area contributed by atoms with Crippen molar-refractivity contribution in [3.05, 3.63) is 71.8 Å². The highest BCUT2D eigenvalue weighted by Gasteiger charge is 2.25. The molecule has 2 aromatic carbocycles. The van der Waals surface area contributed by atoms with Gasteiger partial charge in [0.2, 0.25) is 11.8 Å². The lowest BCUT2D eigenvalue weighted by Crippen LogP contribution is -2.48. The molecule has 0 aliphatic rings. The Morgan fingerprint density at radius 1 is 1.00 bits per heavy atom. The summed E-state index contributed by atoms with van der Waals surface area (Å²) in [6.45, 7) is 3.05. The third-order valence-electron chi connectivity index (χ3n) is 4.44. The van der Waals surface area contributed by atoms with Gasteiger partial charge in [-0.2, -0.15) is 0 Å². The average molecular weight is 368 g/mol. The van der Waals surface area contributed by atoms with Crippen LogP contribution in [0.2, 0.25) is 0 Å². The van der Waals surface area contributed by atoms with Gasteiger partial charge in [-0.3, -0.25) is 9.59 Å². The van der Waals surface area contributed by atoms with Gasteiger partial charge in [0.25, 0.3) is 0 Å². The molecule has 1 N–H and O–H groups in total. The molecule has 0 aromatic heterocycles. The van der Waals surface area contributed by atoms with E-state index >= 15 is 0 Å². The third-order valence-corrected chi connectivity index (χ3v) is 4.44. The fraction of sp³-hybridized carbons (Fsp3) is 0.364. The Balaban J connectivity index is 2.05. The molecule has 0 saturated heterocycles. The molecule has 5 nitrogen and oxygen atoms in total. The second kappa shape index (κ2) is 11.1. The standard InChI is InChI=1S/C22H28N2O3/c1-18(22(26)23-15-16-27-2)24(17-20-11-7-4-8-12-20)21(25)14-13-19-9-5-3-6-10-19/h3-12,18H,13-17H2,1-2H3,(H,23,26)/t18-/m0/s1. The molecule has 1 atom stereocenters. The number of amides is 2. The number of hydrogen-bond acceptors (Lipinski definition) is 3. The number of methoxy groups -OCH3 is 1. The van der Waals surface area contributed by atoms with Gasteiger partial charge in [-0.05, 0) is 24.5 Å². The van der Waals surface area contributed by atoms with Crippen LogP contribution < -0.4 is 5.32 Å². The summed E-state index contributed by atoms with van der Waals surface area (Å²) in [4.78, 5) is 27.0. The van der Waals surface area contributed by atoms with Crippen molar-refractivity contribution in [2.24, 2.45) is 0 Å². The minimum atomic E-state index is -0.551. The summed E-state index contributed by atoms with van der Waals surface area (Å²) in [5, 5.41) is 2.82. The minimum absolute atomic E-state index is 0.0305. The monoisotopic (exact) mass is 368 g/mol. The molecule has 0 radical (unpaired) electrons. The fourth-order valence-electron chi connectivity index (χ4n) is 2.83. The molecule has 2 amide bonds. The van der Waals surface area contributed by atoms with E-state index in [1.54, 1.807) is 18.9 Å². The summed E-state index contributed by atoms with van der Waals surface area (Å²) in [6.07, 6.45) is 1.02. The van der Waals surface area contributed by atoms with Crippen molar-refractivity contribution in [3.63, 3.8) is 0 Å². The van der Waals surface area contributed by atoms with Crippen molar-refractivity contribution in [3.8, 4) is 0 Å². The third kappa shape index (κ3) is 6.87. The number of aryl methyl sites for hydroxylation is 1. The number of ether oxygens (including phenoxy) is 1. The van der Waals surface area contributed by atoms with E-state index in [9.17, 15) is 9.59 Å². The van der Waals surface area contributed by atoms with Crippen LogP contribution >= 0.6 is 0 Å². The Kier molecular flexibility index (Phi) is 8.52. The van der Waals surface area contributed by atoms with Crippen LogP contribution in [0, 0.1) is 0 Å². The first-order chi connectivity index (χ1) is 13.1. The van der Waals surface area contributed by atoms with E-state index in [0.717, 1.165) is 11.1 Å². The molecule has 2 aromatic rings. The van der Waals surface area contributed by atoms with Crippen molar-refractivity contribution in [1.82, 2.24) is 10.2 Å². The van der Waals surface area contributed by atoms with E-state index in [4.69, 9.17) is 4.74 Å².